The molecule has 18 heavy (non-hydrogen) atoms. The molecule has 3 nitrogen and oxygen atoms in total. The number of halogens is 2. The van der Waals surface area contributed by atoms with Crippen molar-refractivity contribution in [1.29, 1.82) is 0 Å². The van der Waals surface area contributed by atoms with Crippen LogP contribution in [0.25, 0.3) is 10.2 Å². The van der Waals surface area contributed by atoms with E-state index in [-0.39, 0.29) is 5.02 Å². The van der Waals surface area contributed by atoms with Crippen molar-refractivity contribution >= 4 is 44.8 Å². The monoisotopic (exact) mass is 279 g/mol. The average molecular weight is 280 g/mol. The van der Waals surface area contributed by atoms with Crippen LogP contribution in [0, 0.1) is 5.82 Å². The second kappa shape index (κ2) is 4.51. The summed E-state index contributed by atoms with van der Waals surface area (Å²) in [6.07, 6.45) is 1.75. The first-order chi connectivity index (χ1) is 8.72. The molecule has 0 saturated carbocycles. The van der Waals surface area contributed by atoms with Gasteiger partial charge in [0.1, 0.15) is 5.82 Å². The Hall–Kier alpha value is -1.72. The molecule has 1 N–H and O–H groups in total. The van der Waals surface area contributed by atoms with E-state index in [1.165, 1.54) is 12.1 Å². The fourth-order valence-corrected chi connectivity index (χ4v) is 2.40. The van der Waals surface area contributed by atoms with Crippen molar-refractivity contribution in [2.24, 2.45) is 0 Å². The second-order valence-corrected chi connectivity index (χ2v) is 4.97. The molecule has 0 spiro atoms. The Kier molecular flexibility index (Phi) is 2.85. The predicted molar refractivity (Wildman–Crippen MR) is 72.1 cm³/mol. The van der Waals surface area contributed by atoms with Crippen LogP contribution >= 0.6 is 22.9 Å². The van der Waals surface area contributed by atoms with Crippen molar-refractivity contribution in [2.75, 3.05) is 5.32 Å². The summed E-state index contributed by atoms with van der Waals surface area (Å²) < 4.78 is 14.0. The minimum absolute atomic E-state index is 0.0663. The van der Waals surface area contributed by atoms with Gasteiger partial charge >= 0.3 is 0 Å². The zero-order chi connectivity index (χ0) is 12.5. The molecule has 0 aliphatic heterocycles. The van der Waals surface area contributed by atoms with E-state index in [0.717, 1.165) is 10.2 Å². The Bertz CT molecular complexity index is 713. The van der Waals surface area contributed by atoms with Crippen molar-refractivity contribution in [2.45, 2.75) is 0 Å². The number of aromatic nitrogens is 2. The van der Waals surface area contributed by atoms with Gasteiger partial charge in [0.2, 0.25) is 5.95 Å². The SMILES string of the molecule is Fc1ccc(Nc2ncc3sccc3n2)cc1Cl. The summed E-state index contributed by atoms with van der Waals surface area (Å²) in [5, 5.41) is 5.01. The molecule has 1 aromatic carbocycles. The van der Waals surface area contributed by atoms with Gasteiger partial charge in [0.25, 0.3) is 0 Å². The van der Waals surface area contributed by atoms with Crippen LogP contribution in [-0.4, -0.2) is 9.97 Å². The number of thiophene rings is 1. The second-order valence-electron chi connectivity index (χ2n) is 3.62. The highest BCUT2D eigenvalue weighted by atomic mass is 35.5. The highest BCUT2D eigenvalue weighted by molar-refractivity contribution is 7.17. The molecule has 0 radical (unpaired) electrons. The number of anilines is 2. The zero-order valence-corrected chi connectivity index (χ0v) is 10.6. The van der Waals surface area contributed by atoms with E-state index in [4.69, 9.17) is 11.6 Å². The van der Waals surface area contributed by atoms with Gasteiger partial charge in [0, 0.05) is 5.69 Å². The van der Waals surface area contributed by atoms with Crippen LogP contribution in [0.4, 0.5) is 16.0 Å². The molecule has 6 heteroatoms. The lowest BCUT2D eigenvalue weighted by Crippen LogP contribution is -1.96. The molecular weight excluding hydrogens is 273 g/mol. The molecule has 0 aliphatic carbocycles. The van der Waals surface area contributed by atoms with Gasteiger partial charge in [-0.05, 0) is 29.6 Å². The lowest BCUT2D eigenvalue weighted by molar-refractivity contribution is 0.628. The van der Waals surface area contributed by atoms with Crippen LogP contribution in [0.2, 0.25) is 5.02 Å². The molecule has 3 aromatic rings. The van der Waals surface area contributed by atoms with Gasteiger partial charge in [-0.1, -0.05) is 11.6 Å². The maximum Gasteiger partial charge on any atom is 0.227 e. The average Bonchev–Trinajstić information content (AvgIpc) is 2.81. The third kappa shape index (κ3) is 2.14. The molecular formula is C12H7ClFN3S. The van der Waals surface area contributed by atoms with Crippen LogP contribution in [0.3, 0.4) is 0 Å². The van der Waals surface area contributed by atoms with Crippen LogP contribution in [0.5, 0.6) is 0 Å². The van der Waals surface area contributed by atoms with Crippen molar-refractivity contribution in [3.63, 3.8) is 0 Å². The molecule has 0 saturated heterocycles. The number of hydrogen-bond donors (Lipinski definition) is 1. The normalized spacial score (nSPS) is 10.8. The van der Waals surface area contributed by atoms with Crippen molar-refractivity contribution in [3.05, 3.63) is 46.7 Å². The summed E-state index contributed by atoms with van der Waals surface area (Å²) in [5.41, 5.74) is 1.53. The minimum atomic E-state index is -0.448. The Morgan fingerprint density at radius 2 is 2.17 bits per heavy atom. The predicted octanol–water partition coefficient (Wildman–Crippen LogP) is 4.23. The number of rotatable bonds is 2. The number of fused-ring (bicyclic) bond motifs is 1. The molecule has 0 fully saturated rings. The summed E-state index contributed by atoms with van der Waals surface area (Å²) in [5.74, 6) is 0.0139. The third-order valence-electron chi connectivity index (χ3n) is 2.38. The lowest BCUT2D eigenvalue weighted by atomic mass is 10.3. The van der Waals surface area contributed by atoms with E-state index in [1.807, 2.05) is 11.4 Å². The molecule has 3 rings (SSSR count). The molecule has 0 unspecified atom stereocenters. The molecule has 0 atom stereocenters. The first-order valence-corrected chi connectivity index (χ1v) is 6.40. The minimum Gasteiger partial charge on any atom is -0.324 e. The lowest BCUT2D eigenvalue weighted by Gasteiger charge is -2.05. The molecule has 0 bridgehead atoms. The standard InChI is InChI=1S/C12H7ClFN3S/c13-8-5-7(1-2-9(8)14)16-12-15-6-11-10(17-12)3-4-18-11/h1-6H,(H,15,16,17). The highest BCUT2D eigenvalue weighted by Gasteiger charge is 2.04. The van der Waals surface area contributed by atoms with Crippen LogP contribution in [-0.2, 0) is 0 Å². The molecule has 2 heterocycles. The van der Waals surface area contributed by atoms with Gasteiger partial charge in [0.05, 0.1) is 21.4 Å². The van der Waals surface area contributed by atoms with E-state index in [1.54, 1.807) is 23.6 Å². The van der Waals surface area contributed by atoms with Crippen LogP contribution < -0.4 is 5.32 Å². The van der Waals surface area contributed by atoms with Gasteiger partial charge in [0.15, 0.2) is 0 Å². The van der Waals surface area contributed by atoms with E-state index >= 15 is 0 Å². The zero-order valence-electron chi connectivity index (χ0n) is 9.02. The first kappa shape index (κ1) is 11.4. The Labute approximate surface area is 111 Å². The van der Waals surface area contributed by atoms with Gasteiger partial charge in [-0.2, -0.15) is 0 Å². The molecule has 90 valence electrons. The third-order valence-corrected chi connectivity index (χ3v) is 3.51. The fourth-order valence-electron chi connectivity index (χ4n) is 1.53. The quantitative estimate of drug-likeness (QED) is 0.763. The number of hydrogen-bond acceptors (Lipinski definition) is 4. The van der Waals surface area contributed by atoms with Crippen molar-refractivity contribution in [1.82, 2.24) is 9.97 Å². The maximum absolute atomic E-state index is 13.0. The first-order valence-electron chi connectivity index (χ1n) is 5.15. The highest BCUT2D eigenvalue weighted by Crippen LogP contribution is 2.23. The summed E-state index contributed by atoms with van der Waals surface area (Å²) in [4.78, 5) is 8.51. The van der Waals surface area contributed by atoms with Gasteiger partial charge in [-0.25, -0.2) is 14.4 Å². The summed E-state index contributed by atoms with van der Waals surface area (Å²) in [7, 11) is 0. The summed E-state index contributed by atoms with van der Waals surface area (Å²) >= 11 is 7.29. The molecule has 0 amide bonds. The topological polar surface area (TPSA) is 37.8 Å². The van der Waals surface area contributed by atoms with E-state index in [0.29, 0.717) is 11.6 Å². The van der Waals surface area contributed by atoms with Crippen molar-refractivity contribution < 1.29 is 4.39 Å². The molecule has 2 aromatic heterocycles. The van der Waals surface area contributed by atoms with Gasteiger partial charge < -0.3 is 5.32 Å². The van der Waals surface area contributed by atoms with E-state index in [9.17, 15) is 4.39 Å². The smallest absolute Gasteiger partial charge is 0.227 e. The number of nitrogens with one attached hydrogen (secondary N) is 1. The number of nitrogens with zero attached hydrogens (tertiary/aromatic N) is 2. The molecule has 0 aliphatic rings. The van der Waals surface area contributed by atoms with Crippen molar-refractivity contribution in [3.8, 4) is 0 Å². The Balaban J connectivity index is 1.92. The summed E-state index contributed by atoms with van der Waals surface area (Å²) in [6, 6.07) is 6.30. The van der Waals surface area contributed by atoms with E-state index < -0.39 is 5.82 Å². The number of benzene rings is 1. The Morgan fingerprint density at radius 1 is 1.28 bits per heavy atom. The van der Waals surface area contributed by atoms with Gasteiger partial charge in [-0.15, -0.1) is 11.3 Å². The van der Waals surface area contributed by atoms with Crippen LogP contribution in [0.1, 0.15) is 0 Å². The largest absolute Gasteiger partial charge is 0.324 e. The van der Waals surface area contributed by atoms with Crippen LogP contribution in [0.15, 0.2) is 35.8 Å². The Morgan fingerprint density at radius 3 is 3.00 bits per heavy atom. The van der Waals surface area contributed by atoms with E-state index in [2.05, 4.69) is 15.3 Å². The van der Waals surface area contributed by atoms with Gasteiger partial charge in [-0.3, -0.25) is 0 Å². The maximum atomic E-state index is 13.0. The summed E-state index contributed by atoms with van der Waals surface area (Å²) in [6.45, 7) is 0. The fraction of sp³-hybridized carbons (Fsp3) is 0.